The average molecular weight is 264 g/mol. The highest BCUT2D eigenvalue weighted by Crippen LogP contribution is 2.44. The van der Waals surface area contributed by atoms with Crippen molar-refractivity contribution >= 4 is 5.78 Å². The predicted octanol–water partition coefficient (Wildman–Crippen LogP) is 2.08. The minimum atomic E-state index is -1.68. The summed E-state index contributed by atoms with van der Waals surface area (Å²) in [7, 11) is 0. The Morgan fingerprint density at radius 1 is 1.37 bits per heavy atom. The van der Waals surface area contributed by atoms with Crippen molar-refractivity contribution in [2.75, 3.05) is 0 Å². The first-order valence-corrected chi connectivity index (χ1v) is 6.29. The third kappa shape index (κ3) is 2.14. The van der Waals surface area contributed by atoms with Crippen LogP contribution in [0.3, 0.4) is 0 Å². The van der Waals surface area contributed by atoms with Crippen LogP contribution < -0.4 is 0 Å². The predicted molar refractivity (Wildman–Crippen MR) is 65.0 cm³/mol. The molecule has 1 N–H and O–H groups in total. The lowest BCUT2D eigenvalue weighted by atomic mass is 9.77. The molecule has 1 aliphatic heterocycles. The number of carbonyl (C=O) groups excluding carboxylic acids is 1. The van der Waals surface area contributed by atoms with Gasteiger partial charge in [0.25, 0.3) is 0 Å². The molecule has 5 heteroatoms. The van der Waals surface area contributed by atoms with Gasteiger partial charge in [0.15, 0.2) is 5.78 Å². The van der Waals surface area contributed by atoms with Gasteiger partial charge in [-0.2, -0.15) is 4.89 Å². The Bertz CT molecular complexity index is 528. The first kappa shape index (κ1) is 12.6. The third-order valence-electron chi connectivity index (χ3n) is 3.51. The normalized spacial score (nSPS) is 33.7. The molecular weight excluding hydrogens is 248 g/mol. The van der Waals surface area contributed by atoms with Crippen molar-refractivity contribution in [3.8, 4) is 0 Å². The second-order valence-electron chi connectivity index (χ2n) is 5.66. The highest BCUT2D eigenvalue weighted by molar-refractivity contribution is 5.98. The maximum atomic E-state index is 12.2. The Balaban J connectivity index is 1.94. The lowest BCUT2D eigenvalue weighted by Crippen LogP contribution is -2.49. The summed E-state index contributed by atoms with van der Waals surface area (Å²) in [5.74, 6) is -1.34. The summed E-state index contributed by atoms with van der Waals surface area (Å²) in [6.07, 6.45) is 3.74. The van der Waals surface area contributed by atoms with Crippen molar-refractivity contribution in [3.63, 3.8) is 0 Å². The van der Waals surface area contributed by atoms with E-state index in [2.05, 4.69) is 0 Å². The van der Waals surface area contributed by atoms with Crippen LogP contribution in [0, 0.1) is 0 Å². The minimum absolute atomic E-state index is 0.133. The van der Waals surface area contributed by atoms with Crippen LogP contribution in [0.1, 0.15) is 38.4 Å². The number of furan rings is 1. The molecule has 0 radical (unpaired) electrons. The zero-order valence-electron chi connectivity index (χ0n) is 10.9. The van der Waals surface area contributed by atoms with Crippen molar-refractivity contribution in [2.24, 2.45) is 0 Å². The summed E-state index contributed by atoms with van der Waals surface area (Å²) in [4.78, 5) is 22.5. The maximum absolute atomic E-state index is 12.2. The highest BCUT2D eigenvalue weighted by Gasteiger charge is 2.50. The van der Waals surface area contributed by atoms with Crippen molar-refractivity contribution < 1.29 is 24.1 Å². The fourth-order valence-electron chi connectivity index (χ4n) is 2.61. The van der Waals surface area contributed by atoms with Gasteiger partial charge in [0.2, 0.25) is 5.79 Å². The lowest BCUT2D eigenvalue weighted by Gasteiger charge is -2.41. The van der Waals surface area contributed by atoms with Crippen molar-refractivity contribution in [3.05, 3.63) is 35.8 Å². The Morgan fingerprint density at radius 3 is 2.84 bits per heavy atom. The highest BCUT2D eigenvalue weighted by atomic mass is 17.2. The zero-order valence-corrected chi connectivity index (χ0v) is 10.9. The van der Waals surface area contributed by atoms with E-state index in [1.165, 1.54) is 0 Å². The van der Waals surface area contributed by atoms with Crippen LogP contribution in [0.4, 0.5) is 0 Å². The summed E-state index contributed by atoms with van der Waals surface area (Å²) < 4.78 is 5.31. The number of fused-ring (bicyclic) bond motifs is 1. The van der Waals surface area contributed by atoms with Gasteiger partial charge in [-0.1, -0.05) is 0 Å². The molecule has 5 nitrogen and oxygen atoms in total. The Labute approximate surface area is 110 Å². The molecule has 1 saturated carbocycles. The number of hydrogen-bond donors (Lipinski definition) is 1. The van der Waals surface area contributed by atoms with Crippen LogP contribution in [0.5, 0.6) is 0 Å². The van der Waals surface area contributed by atoms with E-state index in [0.29, 0.717) is 12.2 Å². The van der Waals surface area contributed by atoms with Gasteiger partial charge in [-0.05, 0) is 32.1 Å². The molecular formula is C14H16O5. The molecule has 0 bridgehead atoms. The minimum Gasteiger partial charge on any atom is -0.469 e. The van der Waals surface area contributed by atoms with Crippen LogP contribution in [-0.2, 0) is 14.6 Å². The number of Topliss-reactive ketones (excluding diaryl/α,β-unsaturated/α-hetero) is 1. The molecule has 3 rings (SSSR count). The molecule has 1 fully saturated rings. The zero-order chi connectivity index (χ0) is 13.7. The molecule has 0 amide bonds. The first-order chi connectivity index (χ1) is 8.90. The SMILES string of the molecule is CC1(C)C=C2C(=O)CC(c3ccco3)CC2(O)OO1. The van der Waals surface area contributed by atoms with Crippen LogP contribution in [0.2, 0.25) is 0 Å². The fourth-order valence-corrected chi connectivity index (χ4v) is 2.61. The van der Waals surface area contributed by atoms with Gasteiger partial charge in [-0.15, -0.1) is 0 Å². The van der Waals surface area contributed by atoms with Crippen molar-refractivity contribution in [1.82, 2.24) is 0 Å². The van der Waals surface area contributed by atoms with Gasteiger partial charge in [0, 0.05) is 18.8 Å². The first-order valence-electron chi connectivity index (χ1n) is 6.29. The van der Waals surface area contributed by atoms with Gasteiger partial charge < -0.3 is 9.52 Å². The van der Waals surface area contributed by atoms with Crippen molar-refractivity contribution in [2.45, 2.75) is 44.0 Å². The number of aliphatic hydroxyl groups is 1. The summed E-state index contributed by atoms with van der Waals surface area (Å²) >= 11 is 0. The smallest absolute Gasteiger partial charge is 0.229 e. The van der Waals surface area contributed by atoms with Gasteiger partial charge in [-0.3, -0.25) is 4.79 Å². The molecule has 2 unspecified atom stereocenters. The largest absolute Gasteiger partial charge is 0.469 e. The van der Waals surface area contributed by atoms with E-state index >= 15 is 0 Å². The Morgan fingerprint density at radius 2 is 2.16 bits per heavy atom. The van der Waals surface area contributed by atoms with E-state index < -0.39 is 11.4 Å². The quantitative estimate of drug-likeness (QED) is 0.786. The molecule has 1 aliphatic carbocycles. The molecule has 1 aromatic rings. The molecule has 102 valence electrons. The summed E-state index contributed by atoms with van der Waals surface area (Å²) in [6, 6.07) is 3.56. The van der Waals surface area contributed by atoms with Gasteiger partial charge >= 0.3 is 0 Å². The fraction of sp³-hybridized carbons (Fsp3) is 0.500. The molecule has 0 spiro atoms. The molecule has 2 aliphatic rings. The maximum Gasteiger partial charge on any atom is 0.229 e. The standard InChI is InChI=1S/C14H16O5/c1-13(2)8-10-11(15)6-9(12-4-3-5-17-12)7-14(10,16)19-18-13/h3-5,8-9,16H,6-7H2,1-2H3. The third-order valence-corrected chi connectivity index (χ3v) is 3.51. The van der Waals surface area contributed by atoms with Gasteiger partial charge in [0.05, 0.1) is 11.8 Å². The number of hydrogen-bond acceptors (Lipinski definition) is 5. The molecule has 2 heterocycles. The Kier molecular flexibility index (Phi) is 2.67. The number of ketones is 1. The number of rotatable bonds is 1. The molecule has 19 heavy (non-hydrogen) atoms. The van der Waals surface area contributed by atoms with E-state index in [9.17, 15) is 9.90 Å². The molecule has 1 aromatic heterocycles. The molecule has 0 aromatic carbocycles. The van der Waals surface area contributed by atoms with E-state index in [1.807, 2.05) is 0 Å². The summed E-state index contributed by atoms with van der Waals surface area (Å²) in [5, 5.41) is 10.5. The van der Waals surface area contributed by atoms with E-state index in [-0.39, 0.29) is 23.7 Å². The van der Waals surface area contributed by atoms with Gasteiger partial charge in [0.1, 0.15) is 11.4 Å². The molecule has 0 saturated heterocycles. The lowest BCUT2D eigenvalue weighted by molar-refractivity contribution is -0.446. The summed E-state index contributed by atoms with van der Waals surface area (Å²) in [5.41, 5.74) is -0.430. The van der Waals surface area contributed by atoms with Crippen LogP contribution in [0.15, 0.2) is 34.5 Å². The van der Waals surface area contributed by atoms with E-state index in [1.54, 1.807) is 38.3 Å². The van der Waals surface area contributed by atoms with Gasteiger partial charge in [-0.25, -0.2) is 4.89 Å². The van der Waals surface area contributed by atoms with Crippen LogP contribution in [0.25, 0.3) is 0 Å². The van der Waals surface area contributed by atoms with Crippen LogP contribution in [-0.4, -0.2) is 22.3 Å². The second kappa shape index (κ2) is 4.03. The summed E-state index contributed by atoms with van der Waals surface area (Å²) in [6.45, 7) is 3.54. The average Bonchev–Trinajstić information content (AvgIpc) is 2.85. The van der Waals surface area contributed by atoms with E-state index in [0.717, 1.165) is 0 Å². The number of carbonyl (C=O) groups is 1. The monoisotopic (exact) mass is 264 g/mol. The Hall–Kier alpha value is -1.43. The topological polar surface area (TPSA) is 68.9 Å². The molecule has 2 atom stereocenters. The van der Waals surface area contributed by atoms with E-state index in [4.69, 9.17) is 14.2 Å². The second-order valence-corrected chi connectivity index (χ2v) is 5.66. The van der Waals surface area contributed by atoms with Crippen molar-refractivity contribution in [1.29, 1.82) is 0 Å². The van der Waals surface area contributed by atoms with Crippen LogP contribution >= 0.6 is 0 Å².